The number of aromatic nitrogens is 5. The molecule has 0 aliphatic rings. The Morgan fingerprint density at radius 1 is 1.00 bits per heavy atom. The fraction of sp³-hybridized carbons (Fsp3) is 0.0952. The Hall–Kier alpha value is -3.74. The minimum absolute atomic E-state index is 0.297. The summed E-state index contributed by atoms with van der Waals surface area (Å²) in [6, 6.07) is 10.2. The van der Waals surface area contributed by atoms with E-state index in [0.717, 1.165) is 34.6 Å². The lowest BCUT2D eigenvalue weighted by molar-refractivity contribution is 0.628. The fourth-order valence-electron chi connectivity index (χ4n) is 3.53. The molecule has 0 saturated heterocycles. The molecule has 0 fully saturated rings. The maximum absolute atomic E-state index is 13.5. The summed E-state index contributed by atoms with van der Waals surface area (Å²) in [4.78, 5) is 13.4. The molecule has 7 heteroatoms. The van der Waals surface area contributed by atoms with Crippen LogP contribution in [0.2, 0.25) is 0 Å². The van der Waals surface area contributed by atoms with E-state index < -0.39 is 0 Å². The summed E-state index contributed by atoms with van der Waals surface area (Å²) in [6.45, 7) is 2.10. The van der Waals surface area contributed by atoms with Crippen LogP contribution in [0, 0.1) is 5.82 Å². The number of halogens is 1. The smallest absolute Gasteiger partial charge is 0.180 e. The van der Waals surface area contributed by atoms with Gasteiger partial charge in [-0.15, -0.1) is 0 Å². The van der Waals surface area contributed by atoms with Crippen LogP contribution in [0.15, 0.2) is 61.2 Å². The Morgan fingerprint density at radius 2 is 1.79 bits per heavy atom. The number of rotatable bonds is 3. The van der Waals surface area contributed by atoms with E-state index in [2.05, 4.69) is 26.3 Å². The first-order valence-electron chi connectivity index (χ1n) is 9.00. The molecule has 28 heavy (non-hydrogen) atoms. The van der Waals surface area contributed by atoms with Gasteiger partial charge in [-0.2, -0.15) is 0 Å². The molecule has 4 heterocycles. The lowest BCUT2D eigenvalue weighted by Gasteiger charge is -2.14. The lowest BCUT2D eigenvalue weighted by atomic mass is 10.0. The fourth-order valence-corrected chi connectivity index (χ4v) is 3.53. The monoisotopic (exact) mass is 372 g/mol. The summed E-state index contributed by atoms with van der Waals surface area (Å²) in [7, 11) is 0. The van der Waals surface area contributed by atoms with Gasteiger partial charge in [0.1, 0.15) is 11.5 Å². The van der Waals surface area contributed by atoms with Gasteiger partial charge in [-0.05, 0) is 42.8 Å². The second-order valence-corrected chi connectivity index (χ2v) is 6.57. The summed E-state index contributed by atoms with van der Waals surface area (Å²) in [5, 5.41) is 0. The number of benzene rings is 1. The van der Waals surface area contributed by atoms with Crippen molar-refractivity contribution in [1.29, 1.82) is 0 Å². The molecule has 1 aromatic carbocycles. The van der Waals surface area contributed by atoms with Crippen LogP contribution in [-0.2, 0) is 6.42 Å². The van der Waals surface area contributed by atoms with Gasteiger partial charge in [0.2, 0.25) is 0 Å². The zero-order valence-electron chi connectivity index (χ0n) is 15.2. The number of hydrogen-bond donors (Lipinski definition) is 1. The molecule has 0 spiro atoms. The van der Waals surface area contributed by atoms with E-state index >= 15 is 0 Å². The Morgan fingerprint density at radius 3 is 2.57 bits per heavy atom. The summed E-state index contributed by atoms with van der Waals surface area (Å²) < 4.78 is 17.5. The molecule has 0 atom stereocenters. The Labute approximate surface area is 160 Å². The third-order valence-electron chi connectivity index (χ3n) is 4.90. The molecule has 4 aromatic heterocycles. The number of anilines is 1. The van der Waals surface area contributed by atoms with E-state index in [-0.39, 0.29) is 5.82 Å². The van der Waals surface area contributed by atoms with Crippen molar-refractivity contribution in [2.24, 2.45) is 0 Å². The molecule has 0 unspecified atom stereocenters. The number of pyridine rings is 1. The molecule has 138 valence electrons. The van der Waals surface area contributed by atoms with Gasteiger partial charge in [-0.25, -0.2) is 19.3 Å². The normalized spacial score (nSPS) is 11.5. The SMILES string of the molecule is CCc1cnc2ccc(-c3c(-c4ccc(F)cc4)nc(N)c4nccn34)cn12. The van der Waals surface area contributed by atoms with Gasteiger partial charge >= 0.3 is 0 Å². The van der Waals surface area contributed by atoms with Gasteiger partial charge in [0.15, 0.2) is 11.5 Å². The summed E-state index contributed by atoms with van der Waals surface area (Å²) in [5.41, 5.74) is 12.0. The van der Waals surface area contributed by atoms with E-state index in [1.54, 1.807) is 18.3 Å². The molecule has 5 aromatic rings. The highest BCUT2D eigenvalue weighted by Gasteiger charge is 2.18. The summed E-state index contributed by atoms with van der Waals surface area (Å²) in [5.74, 6) is 0.0282. The van der Waals surface area contributed by atoms with E-state index in [9.17, 15) is 4.39 Å². The third-order valence-corrected chi connectivity index (χ3v) is 4.90. The largest absolute Gasteiger partial charge is 0.381 e. The number of nitrogens with zero attached hydrogens (tertiary/aromatic N) is 5. The topological polar surface area (TPSA) is 73.5 Å². The number of nitrogens with two attached hydrogens (primary N) is 1. The van der Waals surface area contributed by atoms with Crippen molar-refractivity contribution in [3.8, 4) is 22.5 Å². The molecular weight excluding hydrogens is 355 g/mol. The number of fused-ring (bicyclic) bond motifs is 2. The predicted molar refractivity (Wildman–Crippen MR) is 106 cm³/mol. The van der Waals surface area contributed by atoms with Crippen LogP contribution in [-0.4, -0.2) is 23.8 Å². The van der Waals surface area contributed by atoms with Crippen LogP contribution >= 0.6 is 0 Å². The molecule has 0 aliphatic heterocycles. The van der Waals surface area contributed by atoms with Gasteiger partial charge < -0.3 is 10.1 Å². The van der Waals surface area contributed by atoms with Crippen molar-refractivity contribution < 1.29 is 4.39 Å². The van der Waals surface area contributed by atoms with Crippen LogP contribution in [0.4, 0.5) is 10.2 Å². The molecule has 2 N–H and O–H groups in total. The predicted octanol–water partition coefficient (Wildman–Crippen LogP) is 3.99. The first-order chi connectivity index (χ1) is 13.7. The zero-order valence-corrected chi connectivity index (χ0v) is 15.2. The second kappa shape index (κ2) is 6.16. The van der Waals surface area contributed by atoms with Crippen LogP contribution < -0.4 is 5.73 Å². The highest BCUT2D eigenvalue weighted by Crippen LogP contribution is 2.33. The van der Waals surface area contributed by atoms with Crippen molar-refractivity contribution >= 4 is 17.1 Å². The number of nitrogen functional groups attached to an aromatic ring is 1. The molecular formula is C21H17FN6. The Bertz CT molecular complexity index is 1320. The third kappa shape index (κ3) is 2.44. The minimum atomic E-state index is -0.297. The molecule has 5 rings (SSSR count). The van der Waals surface area contributed by atoms with Gasteiger partial charge in [0, 0.05) is 41.6 Å². The van der Waals surface area contributed by atoms with Crippen molar-refractivity contribution in [3.05, 3.63) is 72.7 Å². The van der Waals surface area contributed by atoms with E-state index in [1.807, 2.05) is 35.1 Å². The average Bonchev–Trinajstić information content (AvgIpc) is 3.35. The molecule has 0 amide bonds. The first kappa shape index (κ1) is 16.4. The molecule has 0 radical (unpaired) electrons. The zero-order chi connectivity index (χ0) is 19.3. The van der Waals surface area contributed by atoms with Crippen molar-refractivity contribution in [2.75, 3.05) is 5.73 Å². The molecule has 0 saturated carbocycles. The van der Waals surface area contributed by atoms with E-state index in [1.165, 1.54) is 12.1 Å². The second-order valence-electron chi connectivity index (χ2n) is 6.57. The van der Waals surface area contributed by atoms with Crippen LogP contribution in [0.1, 0.15) is 12.6 Å². The standard InChI is InChI=1S/C21H17FN6/c1-2-16-11-25-17-8-5-14(12-28(16)17)19-18(13-3-6-15(22)7-4-13)26-20(23)21-24-9-10-27(19)21/h3-12H,2H2,1H3,(H2,23,26). The highest BCUT2D eigenvalue weighted by atomic mass is 19.1. The average molecular weight is 372 g/mol. The number of aryl methyl sites for hydroxylation is 1. The van der Waals surface area contributed by atoms with Gasteiger partial charge in [-0.1, -0.05) is 6.92 Å². The first-order valence-corrected chi connectivity index (χ1v) is 9.00. The van der Waals surface area contributed by atoms with E-state index in [4.69, 9.17) is 5.73 Å². The van der Waals surface area contributed by atoms with Crippen molar-refractivity contribution in [2.45, 2.75) is 13.3 Å². The van der Waals surface area contributed by atoms with E-state index in [0.29, 0.717) is 17.2 Å². The van der Waals surface area contributed by atoms with Crippen molar-refractivity contribution in [3.63, 3.8) is 0 Å². The van der Waals surface area contributed by atoms with Crippen LogP contribution in [0.5, 0.6) is 0 Å². The Balaban J connectivity index is 1.85. The Kier molecular flexibility index (Phi) is 3.61. The van der Waals surface area contributed by atoms with Crippen LogP contribution in [0.25, 0.3) is 33.8 Å². The molecule has 6 nitrogen and oxygen atoms in total. The maximum Gasteiger partial charge on any atom is 0.180 e. The van der Waals surface area contributed by atoms with Crippen LogP contribution in [0.3, 0.4) is 0 Å². The highest BCUT2D eigenvalue weighted by molar-refractivity contribution is 5.83. The number of hydrogen-bond acceptors (Lipinski definition) is 4. The summed E-state index contributed by atoms with van der Waals surface area (Å²) >= 11 is 0. The minimum Gasteiger partial charge on any atom is -0.381 e. The van der Waals surface area contributed by atoms with Crippen molar-refractivity contribution in [1.82, 2.24) is 23.8 Å². The summed E-state index contributed by atoms with van der Waals surface area (Å²) in [6.07, 6.45) is 8.35. The van der Waals surface area contributed by atoms with Gasteiger partial charge in [-0.3, -0.25) is 4.40 Å². The van der Waals surface area contributed by atoms with Gasteiger partial charge in [0.05, 0.1) is 11.4 Å². The van der Waals surface area contributed by atoms with Gasteiger partial charge in [0.25, 0.3) is 0 Å². The lowest BCUT2D eigenvalue weighted by Crippen LogP contribution is -2.04. The molecule has 0 bridgehead atoms. The molecule has 0 aliphatic carbocycles. The quantitative estimate of drug-likeness (QED) is 0.520. The maximum atomic E-state index is 13.5. The number of imidazole rings is 2.